The highest BCUT2D eigenvalue weighted by molar-refractivity contribution is 5.29. The fraction of sp³-hybridized carbons (Fsp3) is 0.538. The fourth-order valence-electron chi connectivity index (χ4n) is 2.96. The zero-order valence-corrected chi connectivity index (χ0v) is 9.61. The van der Waals surface area contributed by atoms with Crippen molar-refractivity contribution in [1.82, 2.24) is 0 Å². The van der Waals surface area contributed by atoms with Crippen LogP contribution in [0.2, 0.25) is 0 Å². The molecule has 0 aromatic heterocycles. The van der Waals surface area contributed by atoms with Gasteiger partial charge in [-0.05, 0) is 0 Å². The van der Waals surface area contributed by atoms with Gasteiger partial charge < -0.3 is 15.0 Å². The van der Waals surface area contributed by atoms with Crippen molar-refractivity contribution in [2.75, 3.05) is 32.8 Å². The summed E-state index contributed by atoms with van der Waals surface area (Å²) >= 11 is 0. The second-order valence-corrected chi connectivity index (χ2v) is 4.75. The van der Waals surface area contributed by atoms with Crippen LogP contribution in [0.3, 0.4) is 0 Å². The summed E-state index contributed by atoms with van der Waals surface area (Å²) in [4.78, 5) is 1.70. The number of nitrogens with two attached hydrogens (primary N) is 1. The molecule has 0 unspecified atom stereocenters. The van der Waals surface area contributed by atoms with Gasteiger partial charge in [-0.1, -0.05) is 24.3 Å². The number of quaternary nitrogens is 2. The predicted molar refractivity (Wildman–Crippen MR) is 61.2 cm³/mol. The Kier molecular flexibility index (Phi) is 2.91. The zero-order chi connectivity index (χ0) is 10.8. The minimum absolute atomic E-state index is 0.675. The predicted octanol–water partition coefficient (Wildman–Crippen LogP) is -1.28. The Labute approximate surface area is 96.4 Å². The van der Waals surface area contributed by atoms with E-state index in [4.69, 9.17) is 4.74 Å². The molecule has 0 aliphatic carbocycles. The molecule has 3 heteroatoms. The Bertz CT molecular complexity index is 361. The molecule has 1 atom stereocenters. The monoisotopic (exact) mass is 220 g/mol. The molecule has 0 amide bonds. The standard InChI is InChI=1S/C13H18N2O/c1-2-4-12-11(3-1)9-14-10-13(12)15-5-7-16-8-6-15/h1-4,13-14H,5-10H2/p+2/t13-/m1/s1. The van der Waals surface area contributed by atoms with E-state index in [2.05, 4.69) is 29.6 Å². The molecule has 3 N–H and O–H groups in total. The Hall–Kier alpha value is -0.900. The van der Waals surface area contributed by atoms with Crippen LogP contribution in [0.25, 0.3) is 0 Å². The maximum atomic E-state index is 5.45. The largest absolute Gasteiger partial charge is 0.370 e. The third kappa shape index (κ3) is 1.86. The number of hydrogen-bond donors (Lipinski definition) is 2. The van der Waals surface area contributed by atoms with Gasteiger partial charge in [0.1, 0.15) is 26.2 Å². The second kappa shape index (κ2) is 4.53. The van der Waals surface area contributed by atoms with E-state index < -0.39 is 0 Å². The lowest BCUT2D eigenvalue weighted by Gasteiger charge is -2.33. The number of morpholine rings is 1. The summed E-state index contributed by atoms with van der Waals surface area (Å²) < 4.78 is 5.45. The Balaban J connectivity index is 1.86. The molecule has 0 spiro atoms. The highest BCUT2D eigenvalue weighted by Gasteiger charge is 2.32. The topological polar surface area (TPSA) is 30.3 Å². The first-order valence-electron chi connectivity index (χ1n) is 6.27. The summed E-state index contributed by atoms with van der Waals surface area (Å²) in [5.41, 5.74) is 3.10. The van der Waals surface area contributed by atoms with Gasteiger partial charge in [-0.25, -0.2) is 0 Å². The maximum Gasteiger partial charge on any atom is 0.163 e. The maximum absolute atomic E-state index is 5.45. The van der Waals surface area contributed by atoms with Crippen molar-refractivity contribution in [1.29, 1.82) is 0 Å². The van der Waals surface area contributed by atoms with Gasteiger partial charge >= 0.3 is 0 Å². The smallest absolute Gasteiger partial charge is 0.163 e. The molecule has 86 valence electrons. The molecule has 0 bridgehead atoms. The summed E-state index contributed by atoms with van der Waals surface area (Å²) in [7, 11) is 0. The normalized spacial score (nSPS) is 26.4. The number of hydrogen-bond acceptors (Lipinski definition) is 1. The lowest BCUT2D eigenvalue weighted by atomic mass is 9.95. The third-order valence-corrected chi connectivity index (χ3v) is 3.82. The summed E-state index contributed by atoms with van der Waals surface area (Å²) in [5, 5.41) is 2.44. The molecule has 1 saturated heterocycles. The average Bonchev–Trinajstić information content (AvgIpc) is 2.39. The number of nitrogens with one attached hydrogen (secondary N) is 1. The van der Waals surface area contributed by atoms with E-state index in [0.717, 1.165) is 32.8 Å². The first kappa shape index (κ1) is 10.3. The molecule has 2 aliphatic rings. The van der Waals surface area contributed by atoms with Crippen LogP contribution in [0.4, 0.5) is 0 Å². The molecular formula is C13H20N2O+2. The molecule has 1 fully saturated rings. The lowest BCUT2D eigenvalue weighted by molar-refractivity contribution is -0.954. The van der Waals surface area contributed by atoms with Crippen molar-refractivity contribution < 1.29 is 15.0 Å². The fourth-order valence-corrected chi connectivity index (χ4v) is 2.96. The quantitative estimate of drug-likeness (QED) is 0.607. The van der Waals surface area contributed by atoms with E-state index in [0.29, 0.717) is 6.04 Å². The molecule has 0 saturated carbocycles. The highest BCUT2D eigenvalue weighted by Crippen LogP contribution is 2.16. The van der Waals surface area contributed by atoms with Crippen LogP contribution < -0.4 is 10.2 Å². The Morgan fingerprint density at radius 1 is 1.19 bits per heavy atom. The van der Waals surface area contributed by atoms with Gasteiger partial charge in [-0.3, -0.25) is 0 Å². The van der Waals surface area contributed by atoms with Crippen LogP contribution in [0.5, 0.6) is 0 Å². The third-order valence-electron chi connectivity index (χ3n) is 3.82. The summed E-state index contributed by atoms with van der Waals surface area (Å²) in [6, 6.07) is 9.60. The van der Waals surface area contributed by atoms with E-state index in [1.54, 1.807) is 10.5 Å². The van der Waals surface area contributed by atoms with Crippen molar-refractivity contribution in [2.45, 2.75) is 12.6 Å². The number of rotatable bonds is 1. The van der Waals surface area contributed by atoms with Gasteiger partial charge in [-0.2, -0.15) is 0 Å². The van der Waals surface area contributed by atoms with Gasteiger partial charge in [0.05, 0.1) is 13.2 Å². The van der Waals surface area contributed by atoms with E-state index in [-0.39, 0.29) is 0 Å². The number of benzene rings is 1. The van der Waals surface area contributed by atoms with E-state index in [9.17, 15) is 0 Å². The molecule has 2 aliphatic heterocycles. The summed E-state index contributed by atoms with van der Waals surface area (Å²) in [5.74, 6) is 0. The number of fused-ring (bicyclic) bond motifs is 1. The van der Waals surface area contributed by atoms with E-state index >= 15 is 0 Å². The first-order chi connectivity index (χ1) is 7.95. The van der Waals surface area contributed by atoms with Crippen LogP contribution in [0, 0.1) is 0 Å². The van der Waals surface area contributed by atoms with Gasteiger partial charge in [0.25, 0.3) is 0 Å². The molecule has 3 nitrogen and oxygen atoms in total. The van der Waals surface area contributed by atoms with Crippen molar-refractivity contribution >= 4 is 0 Å². The van der Waals surface area contributed by atoms with Crippen LogP contribution >= 0.6 is 0 Å². The Morgan fingerprint density at radius 3 is 2.88 bits per heavy atom. The van der Waals surface area contributed by atoms with Gasteiger partial charge in [0.2, 0.25) is 0 Å². The first-order valence-corrected chi connectivity index (χ1v) is 6.27. The van der Waals surface area contributed by atoms with Crippen LogP contribution in [0.15, 0.2) is 24.3 Å². The molecule has 2 heterocycles. The number of ether oxygens (including phenoxy) is 1. The average molecular weight is 220 g/mol. The molecular weight excluding hydrogens is 200 g/mol. The van der Waals surface area contributed by atoms with Crippen molar-refractivity contribution in [3.63, 3.8) is 0 Å². The van der Waals surface area contributed by atoms with Crippen molar-refractivity contribution in [2.24, 2.45) is 0 Å². The molecule has 16 heavy (non-hydrogen) atoms. The van der Waals surface area contributed by atoms with Gasteiger partial charge in [-0.15, -0.1) is 0 Å². The lowest BCUT2D eigenvalue weighted by Crippen LogP contribution is -3.17. The molecule has 1 aromatic rings. The van der Waals surface area contributed by atoms with Crippen LogP contribution in [-0.2, 0) is 11.3 Å². The molecule has 1 aromatic carbocycles. The van der Waals surface area contributed by atoms with Gasteiger partial charge in [0, 0.05) is 11.1 Å². The second-order valence-electron chi connectivity index (χ2n) is 4.75. The minimum atomic E-state index is 0.675. The van der Waals surface area contributed by atoms with E-state index in [1.807, 2.05) is 0 Å². The van der Waals surface area contributed by atoms with Crippen LogP contribution in [0.1, 0.15) is 17.2 Å². The zero-order valence-electron chi connectivity index (χ0n) is 9.61. The van der Waals surface area contributed by atoms with Crippen molar-refractivity contribution in [3.05, 3.63) is 35.4 Å². The van der Waals surface area contributed by atoms with Crippen molar-refractivity contribution in [3.8, 4) is 0 Å². The van der Waals surface area contributed by atoms with Crippen LogP contribution in [-0.4, -0.2) is 32.8 Å². The summed E-state index contributed by atoms with van der Waals surface area (Å²) in [6.45, 7) is 6.55. The summed E-state index contributed by atoms with van der Waals surface area (Å²) in [6.07, 6.45) is 0. The minimum Gasteiger partial charge on any atom is -0.370 e. The SMILES string of the molecule is c1ccc2c(c1)C[NH2+]C[C@H]2[NH+]1CCOCC1. The van der Waals surface area contributed by atoms with Gasteiger partial charge in [0.15, 0.2) is 6.04 Å². The molecule has 0 radical (unpaired) electrons. The molecule has 3 rings (SSSR count). The Morgan fingerprint density at radius 2 is 2.00 bits per heavy atom. The van der Waals surface area contributed by atoms with E-state index in [1.165, 1.54) is 12.1 Å². The highest BCUT2D eigenvalue weighted by atomic mass is 16.5.